The minimum absolute atomic E-state index is 0.969. The van der Waals surface area contributed by atoms with Gasteiger partial charge in [0.25, 0.3) is 0 Å². The molecule has 2 heterocycles. The third-order valence-electron chi connectivity index (χ3n) is 6.14. The summed E-state index contributed by atoms with van der Waals surface area (Å²) in [5.41, 5.74) is 5.19. The number of fused-ring (bicyclic) bond motifs is 2. The molecule has 0 fully saturated rings. The van der Waals surface area contributed by atoms with Crippen LogP contribution in [0.3, 0.4) is 0 Å². The van der Waals surface area contributed by atoms with E-state index in [9.17, 15) is 0 Å². The Morgan fingerprint density at radius 3 is 2.50 bits per heavy atom. The van der Waals surface area contributed by atoms with Crippen molar-refractivity contribution in [1.82, 2.24) is 0 Å². The molecule has 3 aromatic carbocycles. The highest BCUT2D eigenvalue weighted by molar-refractivity contribution is 8.03. The van der Waals surface area contributed by atoms with Gasteiger partial charge < -0.3 is 4.90 Å². The summed E-state index contributed by atoms with van der Waals surface area (Å²) in [5, 5.41) is 2.56. The number of rotatable bonds is 7. The van der Waals surface area contributed by atoms with Crippen LogP contribution in [0.2, 0.25) is 0 Å². The molecule has 0 radical (unpaired) electrons. The first kappa shape index (κ1) is 22.2. The van der Waals surface area contributed by atoms with Gasteiger partial charge in [-0.1, -0.05) is 90.7 Å². The molecule has 3 heteroatoms. The van der Waals surface area contributed by atoms with Crippen LogP contribution < -0.4 is 9.47 Å². The zero-order valence-corrected chi connectivity index (χ0v) is 20.3. The summed E-state index contributed by atoms with van der Waals surface area (Å²) in [4.78, 5) is 3.76. The van der Waals surface area contributed by atoms with Crippen LogP contribution in [-0.4, -0.2) is 6.54 Å². The maximum Gasteiger partial charge on any atom is 0.213 e. The highest BCUT2D eigenvalue weighted by Crippen LogP contribution is 2.45. The van der Waals surface area contributed by atoms with E-state index in [1.165, 1.54) is 37.6 Å². The second-order valence-electron chi connectivity index (χ2n) is 8.28. The molecule has 1 aliphatic rings. The summed E-state index contributed by atoms with van der Waals surface area (Å²) in [6.45, 7) is 4.12. The molecule has 2 nitrogen and oxygen atoms in total. The van der Waals surface area contributed by atoms with Crippen molar-refractivity contribution in [2.24, 2.45) is 0 Å². The number of aryl methyl sites for hydroxylation is 1. The number of anilines is 1. The topological polar surface area (TPSA) is 7.12 Å². The molecule has 1 aliphatic heterocycles. The van der Waals surface area contributed by atoms with Gasteiger partial charge in [-0.15, -0.1) is 0 Å². The standard InChI is InChI=1S/C31H29N2S/c1-2-32-23-22-26(27-16-9-10-17-28(27)32)15-7-4-8-20-31-33(24-21-25-13-5-3-6-14-25)29-18-11-12-19-30(29)34-31/h3-20,22-23H,2,21,24H2,1H3/q+1. The van der Waals surface area contributed by atoms with E-state index in [0.29, 0.717) is 0 Å². The van der Waals surface area contributed by atoms with E-state index in [4.69, 9.17) is 0 Å². The van der Waals surface area contributed by atoms with E-state index in [2.05, 4.69) is 138 Å². The summed E-state index contributed by atoms with van der Waals surface area (Å²) < 4.78 is 2.28. The molecule has 168 valence electrons. The number of nitrogens with zero attached hydrogens (tertiary/aromatic N) is 2. The summed E-state index contributed by atoms with van der Waals surface area (Å²) in [6, 6.07) is 30.2. The second-order valence-corrected chi connectivity index (χ2v) is 9.34. The predicted octanol–water partition coefficient (Wildman–Crippen LogP) is 7.41. The molecule has 0 unspecified atom stereocenters. The maximum atomic E-state index is 2.44. The van der Waals surface area contributed by atoms with Gasteiger partial charge in [-0.3, -0.25) is 0 Å². The van der Waals surface area contributed by atoms with Crippen LogP contribution in [0.25, 0.3) is 17.0 Å². The third-order valence-corrected chi connectivity index (χ3v) is 7.27. The van der Waals surface area contributed by atoms with Gasteiger partial charge in [0.2, 0.25) is 5.52 Å². The van der Waals surface area contributed by atoms with Gasteiger partial charge in [-0.25, -0.2) is 0 Å². The lowest BCUT2D eigenvalue weighted by Gasteiger charge is -2.20. The van der Waals surface area contributed by atoms with Crippen LogP contribution in [-0.2, 0) is 13.0 Å². The van der Waals surface area contributed by atoms with E-state index in [1.54, 1.807) is 0 Å². The molecule has 0 atom stereocenters. The molecule has 0 amide bonds. The van der Waals surface area contributed by atoms with Gasteiger partial charge in [-0.05, 0) is 48.7 Å². The summed E-state index contributed by atoms with van der Waals surface area (Å²) in [6.07, 6.45) is 14.0. The number of para-hydroxylation sites is 2. The zero-order valence-electron chi connectivity index (χ0n) is 19.5. The second kappa shape index (κ2) is 10.6. The molecule has 0 saturated carbocycles. The fourth-order valence-electron chi connectivity index (χ4n) is 4.38. The molecule has 1 aromatic heterocycles. The van der Waals surface area contributed by atoms with Crippen molar-refractivity contribution < 1.29 is 4.57 Å². The van der Waals surface area contributed by atoms with Crippen molar-refractivity contribution in [2.75, 3.05) is 11.4 Å². The Hall–Kier alpha value is -3.56. The van der Waals surface area contributed by atoms with Crippen LogP contribution in [0.4, 0.5) is 5.69 Å². The fourth-order valence-corrected chi connectivity index (χ4v) is 5.49. The Kier molecular flexibility index (Phi) is 6.92. The Morgan fingerprint density at radius 1 is 0.824 bits per heavy atom. The summed E-state index contributed by atoms with van der Waals surface area (Å²) in [7, 11) is 0. The van der Waals surface area contributed by atoms with Gasteiger partial charge in [0.05, 0.1) is 16.1 Å². The van der Waals surface area contributed by atoms with Gasteiger partial charge in [0.1, 0.15) is 6.54 Å². The molecule has 0 spiro atoms. The normalized spacial score (nSPS) is 14.6. The quantitative estimate of drug-likeness (QED) is 0.209. The molecule has 0 saturated heterocycles. The molecule has 5 rings (SSSR count). The number of aromatic nitrogens is 1. The molecular weight excluding hydrogens is 432 g/mol. The lowest BCUT2D eigenvalue weighted by atomic mass is 10.1. The van der Waals surface area contributed by atoms with Gasteiger partial charge >= 0.3 is 0 Å². The van der Waals surface area contributed by atoms with E-state index in [1.807, 2.05) is 11.8 Å². The first-order valence-corrected chi connectivity index (χ1v) is 12.7. The minimum atomic E-state index is 0.969. The minimum Gasteiger partial charge on any atom is -0.335 e. The lowest BCUT2D eigenvalue weighted by Crippen LogP contribution is -2.32. The smallest absolute Gasteiger partial charge is 0.213 e. The maximum absolute atomic E-state index is 2.44. The van der Waals surface area contributed by atoms with Crippen LogP contribution in [0.5, 0.6) is 0 Å². The molecule has 0 N–H and O–H groups in total. The molecule has 4 aromatic rings. The first-order valence-electron chi connectivity index (χ1n) is 11.9. The van der Waals surface area contributed by atoms with Crippen LogP contribution >= 0.6 is 11.8 Å². The SMILES string of the molecule is CC[n+]1ccc(/C=C/C=C/C=C2\Sc3ccccc3N2CCc2ccccc2)c2ccccc21. The fraction of sp³-hybridized carbons (Fsp3) is 0.129. The van der Waals surface area contributed by atoms with Crippen LogP contribution in [0.15, 0.2) is 125 Å². The summed E-state index contributed by atoms with van der Waals surface area (Å²) >= 11 is 1.85. The van der Waals surface area contributed by atoms with Crippen LogP contribution in [0, 0.1) is 0 Å². The number of thioether (sulfide) groups is 1. The van der Waals surface area contributed by atoms with Crippen molar-refractivity contribution in [1.29, 1.82) is 0 Å². The number of hydrogen-bond acceptors (Lipinski definition) is 2. The Bertz CT molecular complexity index is 1370. The Labute approximate surface area is 206 Å². The lowest BCUT2D eigenvalue weighted by molar-refractivity contribution is -0.667. The first-order chi connectivity index (χ1) is 16.8. The van der Waals surface area contributed by atoms with Gasteiger partial charge in [0, 0.05) is 23.6 Å². The summed E-state index contributed by atoms with van der Waals surface area (Å²) in [5.74, 6) is 0. The Balaban J connectivity index is 1.33. The van der Waals surface area contributed by atoms with Crippen molar-refractivity contribution >= 4 is 34.4 Å². The van der Waals surface area contributed by atoms with E-state index in [-0.39, 0.29) is 0 Å². The van der Waals surface area contributed by atoms with E-state index >= 15 is 0 Å². The van der Waals surface area contributed by atoms with Gasteiger partial charge in [-0.2, -0.15) is 4.57 Å². The average Bonchev–Trinajstić information content (AvgIpc) is 3.25. The number of pyridine rings is 1. The monoisotopic (exact) mass is 461 g/mol. The highest BCUT2D eigenvalue weighted by Gasteiger charge is 2.23. The highest BCUT2D eigenvalue weighted by atomic mass is 32.2. The number of hydrogen-bond donors (Lipinski definition) is 0. The molecule has 34 heavy (non-hydrogen) atoms. The number of allylic oxidation sites excluding steroid dienone is 4. The molecule has 0 aliphatic carbocycles. The van der Waals surface area contributed by atoms with Gasteiger partial charge in [0.15, 0.2) is 6.20 Å². The van der Waals surface area contributed by atoms with Crippen molar-refractivity contribution in [2.45, 2.75) is 24.8 Å². The van der Waals surface area contributed by atoms with Crippen molar-refractivity contribution in [3.05, 3.63) is 132 Å². The van der Waals surface area contributed by atoms with E-state index < -0.39 is 0 Å². The third kappa shape index (κ3) is 4.85. The largest absolute Gasteiger partial charge is 0.335 e. The number of benzene rings is 3. The Morgan fingerprint density at radius 2 is 1.62 bits per heavy atom. The predicted molar refractivity (Wildman–Crippen MR) is 146 cm³/mol. The van der Waals surface area contributed by atoms with Crippen molar-refractivity contribution in [3.63, 3.8) is 0 Å². The van der Waals surface area contributed by atoms with Crippen molar-refractivity contribution in [3.8, 4) is 0 Å². The molecular formula is C31H29N2S+. The van der Waals surface area contributed by atoms with E-state index in [0.717, 1.165) is 19.5 Å². The zero-order chi connectivity index (χ0) is 23.2. The average molecular weight is 462 g/mol. The molecule has 0 bridgehead atoms. The van der Waals surface area contributed by atoms with Crippen LogP contribution in [0.1, 0.15) is 18.1 Å².